The number of aromatic nitrogens is 2. The molecule has 3 aromatic carbocycles. The third-order valence-electron chi connectivity index (χ3n) is 4.26. The van der Waals surface area contributed by atoms with Gasteiger partial charge in [0.15, 0.2) is 0 Å². The maximum atomic E-state index is 12.8. The zero-order valence-electron chi connectivity index (χ0n) is 15.8. The van der Waals surface area contributed by atoms with Crippen LogP contribution in [0.3, 0.4) is 0 Å². The van der Waals surface area contributed by atoms with E-state index in [0.29, 0.717) is 10.7 Å². The van der Waals surface area contributed by atoms with Gasteiger partial charge in [0.2, 0.25) is 5.89 Å². The van der Waals surface area contributed by atoms with Gasteiger partial charge >= 0.3 is 6.01 Å². The van der Waals surface area contributed by atoms with E-state index in [9.17, 15) is 9.59 Å². The average Bonchev–Trinajstić information content (AvgIpc) is 3.23. The molecule has 0 spiro atoms. The van der Waals surface area contributed by atoms with Gasteiger partial charge in [-0.05, 0) is 42.5 Å². The lowest BCUT2D eigenvalue weighted by atomic mass is 10.1. The van der Waals surface area contributed by atoms with Crippen LogP contribution in [0.5, 0.6) is 0 Å². The Balaban J connectivity index is 1.52. The van der Waals surface area contributed by atoms with Crippen LogP contribution in [-0.4, -0.2) is 22.0 Å². The smallest absolute Gasteiger partial charge is 0.322 e. The summed E-state index contributed by atoms with van der Waals surface area (Å²) in [6.45, 7) is 0. The number of carbonyl (C=O) groups is 2. The molecule has 154 valence electrons. The number of hydrogen-bond donors (Lipinski definition) is 2. The number of nitrogens with one attached hydrogen (secondary N) is 2. The molecule has 0 aliphatic carbocycles. The molecule has 0 aliphatic heterocycles. The van der Waals surface area contributed by atoms with Crippen molar-refractivity contribution in [3.05, 3.63) is 94.0 Å². The molecule has 0 radical (unpaired) electrons. The van der Waals surface area contributed by atoms with Gasteiger partial charge in [-0.2, -0.15) is 0 Å². The van der Waals surface area contributed by atoms with E-state index in [2.05, 4.69) is 20.8 Å². The van der Waals surface area contributed by atoms with Crippen LogP contribution in [0.4, 0.5) is 11.7 Å². The summed E-state index contributed by atoms with van der Waals surface area (Å²) in [6, 6.07) is 20.1. The summed E-state index contributed by atoms with van der Waals surface area (Å²) in [5.74, 6) is -0.734. The first-order valence-electron chi connectivity index (χ1n) is 9.07. The summed E-state index contributed by atoms with van der Waals surface area (Å²) in [6.07, 6.45) is 0. The van der Waals surface area contributed by atoms with E-state index in [1.54, 1.807) is 30.3 Å². The molecular formula is C22H14Cl2N4O3. The summed E-state index contributed by atoms with van der Waals surface area (Å²) >= 11 is 12.0. The first-order chi connectivity index (χ1) is 15.0. The van der Waals surface area contributed by atoms with Crippen LogP contribution in [0, 0.1) is 0 Å². The summed E-state index contributed by atoms with van der Waals surface area (Å²) < 4.78 is 5.51. The van der Waals surface area contributed by atoms with Gasteiger partial charge in [0.1, 0.15) is 0 Å². The van der Waals surface area contributed by atoms with Crippen molar-refractivity contribution in [3.8, 4) is 11.5 Å². The van der Waals surface area contributed by atoms with Gasteiger partial charge in [0.25, 0.3) is 11.8 Å². The highest BCUT2D eigenvalue weighted by Crippen LogP contribution is 2.24. The summed E-state index contributed by atoms with van der Waals surface area (Å²) in [5, 5.41) is 13.6. The fourth-order valence-electron chi connectivity index (χ4n) is 2.79. The standard InChI is InChI=1S/C22H14Cl2N4O3/c23-14-10-11-15(17(24)12-14)19(29)25-18-9-5-4-8-16(18)20(30)26-22-28-27-21(31-22)13-6-2-1-3-7-13/h1-12H,(H,25,29)(H,26,28,30). The Morgan fingerprint density at radius 2 is 1.48 bits per heavy atom. The van der Waals surface area contributed by atoms with Crippen molar-refractivity contribution in [3.63, 3.8) is 0 Å². The number of hydrogen-bond acceptors (Lipinski definition) is 5. The molecule has 1 aromatic heterocycles. The second kappa shape index (κ2) is 8.99. The fraction of sp³-hybridized carbons (Fsp3) is 0. The van der Waals surface area contributed by atoms with E-state index in [-0.39, 0.29) is 28.1 Å². The minimum atomic E-state index is -0.527. The second-order valence-corrected chi connectivity index (χ2v) is 7.20. The zero-order valence-corrected chi connectivity index (χ0v) is 17.3. The van der Waals surface area contributed by atoms with E-state index in [1.807, 2.05) is 30.3 Å². The third kappa shape index (κ3) is 4.74. The number of halogens is 2. The van der Waals surface area contributed by atoms with E-state index < -0.39 is 11.8 Å². The molecule has 0 saturated heterocycles. The normalized spacial score (nSPS) is 10.5. The van der Waals surface area contributed by atoms with Crippen LogP contribution in [0.1, 0.15) is 20.7 Å². The van der Waals surface area contributed by atoms with Gasteiger partial charge in [0.05, 0.1) is 21.8 Å². The largest absolute Gasteiger partial charge is 0.403 e. The molecule has 1 heterocycles. The minimum Gasteiger partial charge on any atom is -0.403 e. The van der Waals surface area contributed by atoms with Crippen LogP contribution in [0.2, 0.25) is 10.0 Å². The first-order valence-corrected chi connectivity index (χ1v) is 9.82. The van der Waals surface area contributed by atoms with E-state index in [4.69, 9.17) is 27.6 Å². The Kier molecular flexibility index (Phi) is 5.97. The molecular weight excluding hydrogens is 439 g/mol. The average molecular weight is 453 g/mol. The minimum absolute atomic E-state index is 0.0641. The third-order valence-corrected chi connectivity index (χ3v) is 4.81. The lowest BCUT2D eigenvalue weighted by Crippen LogP contribution is -2.18. The van der Waals surface area contributed by atoms with Gasteiger partial charge in [-0.3, -0.25) is 14.9 Å². The Bertz CT molecular complexity index is 1260. The van der Waals surface area contributed by atoms with Gasteiger partial charge < -0.3 is 9.73 Å². The maximum absolute atomic E-state index is 12.8. The van der Waals surface area contributed by atoms with Crippen molar-refractivity contribution in [1.82, 2.24) is 10.2 Å². The molecule has 0 saturated carbocycles. The molecule has 0 fully saturated rings. The van der Waals surface area contributed by atoms with E-state index in [0.717, 1.165) is 5.56 Å². The molecule has 9 heteroatoms. The highest BCUT2D eigenvalue weighted by Gasteiger charge is 2.18. The lowest BCUT2D eigenvalue weighted by Gasteiger charge is -2.11. The predicted molar refractivity (Wildman–Crippen MR) is 119 cm³/mol. The lowest BCUT2D eigenvalue weighted by molar-refractivity contribution is 0.102. The number of benzene rings is 3. The fourth-order valence-corrected chi connectivity index (χ4v) is 3.28. The van der Waals surface area contributed by atoms with Crippen molar-refractivity contribution < 1.29 is 14.0 Å². The number of carbonyl (C=O) groups excluding carboxylic acids is 2. The van der Waals surface area contributed by atoms with E-state index >= 15 is 0 Å². The monoisotopic (exact) mass is 452 g/mol. The molecule has 31 heavy (non-hydrogen) atoms. The molecule has 0 bridgehead atoms. The quantitative estimate of drug-likeness (QED) is 0.413. The molecule has 0 aliphatic rings. The Morgan fingerprint density at radius 3 is 2.26 bits per heavy atom. The topological polar surface area (TPSA) is 97.1 Å². The van der Waals surface area contributed by atoms with Crippen LogP contribution in [-0.2, 0) is 0 Å². The summed E-state index contributed by atoms with van der Waals surface area (Å²) in [5.41, 5.74) is 1.45. The number of amides is 2. The van der Waals surface area contributed by atoms with Crippen molar-refractivity contribution >= 4 is 46.7 Å². The summed E-state index contributed by atoms with van der Waals surface area (Å²) in [7, 11) is 0. The molecule has 0 atom stereocenters. The van der Waals surface area contributed by atoms with Crippen molar-refractivity contribution in [2.24, 2.45) is 0 Å². The van der Waals surface area contributed by atoms with Crippen molar-refractivity contribution in [1.29, 1.82) is 0 Å². The van der Waals surface area contributed by atoms with Gasteiger partial charge in [-0.15, -0.1) is 5.10 Å². The van der Waals surface area contributed by atoms with Crippen LogP contribution in [0.25, 0.3) is 11.5 Å². The van der Waals surface area contributed by atoms with Crippen molar-refractivity contribution in [2.45, 2.75) is 0 Å². The molecule has 4 rings (SSSR count). The Morgan fingerprint density at radius 1 is 0.774 bits per heavy atom. The van der Waals surface area contributed by atoms with Gasteiger partial charge in [0, 0.05) is 10.6 Å². The molecule has 7 nitrogen and oxygen atoms in total. The van der Waals surface area contributed by atoms with Crippen LogP contribution < -0.4 is 10.6 Å². The van der Waals surface area contributed by atoms with Gasteiger partial charge in [-0.25, -0.2) is 0 Å². The first kappa shape index (κ1) is 20.6. The molecule has 4 aromatic rings. The number of nitrogens with zero attached hydrogens (tertiary/aromatic N) is 2. The number of anilines is 2. The number of para-hydroxylation sites is 1. The zero-order chi connectivity index (χ0) is 21.8. The Hall–Kier alpha value is -3.68. The molecule has 2 N–H and O–H groups in total. The molecule has 2 amide bonds. The second-order valence-electron chi connectivity index (χ2n) is 6.36. The van der Waals surface area contributed by atoms with E-state index in [1.165, 1.54) is 12.1 Å². The highest BCUT2D eigenvalue weighted by atomic mass is 35.5. The number of rotatable bonds is 5. The van der Waals surface area contributed by atoms with Crippen LogP contribution in [0.15, 0.2) is 77.2 Å². The summed E-state index contributed by atoms with van der Waals surface area (Å²) in [4.78, 5) is 25.4. The van der Waals surface area contributed by atoms with Crippen molar-refractivity contribution in [2.75, 3.05) is 10.6 Å². The SMILES string of the molecule is O=C(Nc1ccccc1C(=O)Nc1nnc(-c2ccccc2)o1)c1ccc(Cl)cc1Cl. The Labute approximate surface area is 187 Å². The predicted octanol–water partition coefficient (Wildman–Crippen LogP) is 5.55. The van der Waals surface area contributed by atoms with Crippen LogP contribution >= 0.6 is 23.2 Å². The van der Waals surface area contributed by atoms with Gasteiger partial charge in [-0.1, -0.05) is 58.6 Å². The maximum Gasteiger partial charge on any atom is 0.322 e. The molecule has 0 unspecified atom stereocenters. The highest BCUT2D eigenvalue weighted by molar-refractivity contribution is 6.37.